The van der Waals surface area contributed by atoms with Gasteiger partial charge in [-0.1, -0.05) is 12.1 Å². The fourth-order valence-electron chi connectivity index (χ4n) is 2.86. The topological polar surface area (TPSA) is 133 Å². The molecule has 0 fully saturated rings. The molecule has 2 aromatic carbocycles. The molecule has 0 atom stereocenters. The van der Waals surface area contributed by atoms with Crippen molar-refractivity contribution >= 4 is 40.2 Å². The number of anilines is 3. The number of nitrogens with zero attached hydrogens (tertiary/aromatic N) is 3. The fourth-order valence-corrected chi connectivity index (χ4v) is 2.86. The minimum absolute atomic E-state index is 0.0554. The zero-order valence-electron chi connectivity index (χ0n) is 18.6. The van der Waals surface area contributed by atoms with E-state index in [2.05, 4.69) is 30.6 Å². The molecule has 4 N–H and O–H groups in total. The summed E-state index contributed by atoms with van der Waals surface area (Å²) in [5.41, 5.74) is 2.05. The van der Waals surface area contributed by atoms with Crippen molar-refractivity contribution in [2.75, 3.05) is 10.6 Å². The second-order valence-corrected chi connectivity index (χ2v) is 7.31. The Morgan fingerprint density at radius 1 is 0.973 bits per heavy atom. The Bertz CT molecular complexity index is 1430. The summed E-state index contributed by atoms with van der Waals surface area (Å²) in [4.78, 5) is 36.7. The second kappa shape index (κ2) is 10.5. The number of H-pyrrole nitrogens is 1. The minimum atomic E-state index is -5.08. The lowest BCUT2D eigenvalue weighted by Gasteiger charge is -2.12. The predicted octanol–water partition coefficient (Wildman–Crippen LogP) is 5.31. The van der Waals surface area contributed by atoms with Crippen molar-refractivity contribution < 1.29 is 41.0 Å². The number of carbonyl (C=O) groups excluding carboxylic acids is 1. The van der Waals surface area contributed by atoms with Crippen LogP contribution in [0.15, 0.2) is 55.1 Å². The van der Waals surface area contributed by atoms with E-state index in [1.165, 1.54) is 24.8 Å². The summed E-state index contributed by atoms with van der Waals surface area (Å²) in [7, 11) is 0. The Morgan fingerprint density at radius 3 is 2.32 bits per heavy atom. The van der Waals surface area contributed by atoms with Crippen LogP contribution in [0.25, 0.3) is 11.2 Å². The van der Waals surface area contributed by atoms with Gasteiger partial charge in [0.05, 0.1) is 11.9 Å². The van der Waals surface area contributed by atoms with Crippen LogP contribution in [0.5, 0.6) is 0 Å². The maximum atomic E-state index is 12.9. The van der Waals surface area contributed by atoms with Crippen molar-refractivity contribution in [3.8, 4) is 0 Å². The Balaban J connectivity index is 0.000000479. The van der Waals surface area contributed by atoms with Crippen LogP contribution in [0.2, 0.25) is 0 Å². The van der Waals surface area contributed by atoms with Gasteiger partial charge in [-0.25, -0.2) is 19.7 Å². The van der Waals surface area contributed by atoms with Crippen LogP contribution in [0, 0.1) is 6.92 Å². The van der Waals surface area contributed by atoms with Gasteiger partial charge in [0.25, 0.3) is 5.91 Å². The van der Waals surface area contributed by atoms with Gasteiger partial charge in [-0.05, 0) is 42.8 Å². The largest absolute Gasteiger partial charge is 0.490 e. The highest BCUT2D eigenvalue weighted by Crippen LogP contribution is 2.31. The molecular formula is C22H16F6N6O3. The number of aliphatic carboxylic acids is 1. The van der Waals surface area contributed by atoms with Crippen LogP contribution in [0.4, 0.5) is 43.5 Å². The number of carbonyl (C=O) groups is 2. The van der Waals surface area contributed by atoms with Gasteiger partial charge in [0.2, 0.25) is 0 Å². The summed E-state index contributed by atoms with van der Waals surface area (Å²) in [6.45, 7) is 1.85. The van der Waals surface area contributed by atoms with Crippen LogP contribution >= 0.6 is 0 Å². The number of fused-ring (bicyclic) bond motifs is 1. The van der Waals surface area contributed by atoms with E-state index in [0.29, 0.717) is 22.7 Å². The lowest BCUT2D eigenvalue weighted by Crippen LogP contribution is -2.21. The molecule has 0 radical (unpaired) electrons. The van der Waals surface area contributed by atoms with Gasteiger partial charge in [-0.15, -0.1) is 0 Å². The number of rotatable bonds is 4. The first-order chi connectivity index (χ1) is 17.3. The van der Waals surface area contributed by atoms with Gasteiger partial charge in [0.15, 0.2) is 11.5 Å². The van der Waals surface area contributed by atoms with Gasteiger partial charge in [-0.3, -0.25) is 4.79 Å². The van der Waals surface area contributed by atoms with E-state index in [1.807, 2.05) is 6.92 Å². The number of aromatic nitrogens is 4. The van der Waals surface area contributed by atoms with Crippen molar-refractivity contribution in [1.82, 2.24) is 19.9 Å². The summed E-state index contributed by atoms with van der Waals surface area (Å²) in [6.07, 6.45) is -6.71. The normalized spacial score (nSPS) is 11.4. The number of hydrogen-bond donors (Lipinski definition) is 4. The zero-order chi connectivity index (χ0) is 27.4. The van der Waals surface area contributed by atoms with Crippen LogP contribution in [-0.4, -0.2) is 43.1 Å². The van der Waals surface area contributed by atoms with Gasteiger partial charge in [0.1, 0.15) is 11.8 Å². The van der Waals surface area contributed by atoms with Crippen molar-refractivity contribution in [1.29, 1.82) is 0 Å². The molecule has 15 heteroatoms. The van der Waals surface area contributed by atoms with Crippen LogP contribution in [-0.2, 0) is 11.0 Å². The molecule has 0 saturated carbocycles. The molecule has 0 bridgehead atoms. The third-order valence-corrected chi connectivity index (χ3v) is 4.67. The van der Waals surface area contributed by atoms with Gasteiger partial charge in [-0.2, -0.15) is 26.3 Å². The molecule has 2 aromatic heterocycles. The van der Waals surface area contributed by atoms with Crippen molar-refractivity contribution in [3.05, 3.63) is 71.8 Å². The molecule has 194 valence electrons. The molecule has 0 unspecified atom stereocenters. The molecule has 0 aliphatic carbocycles. The number of imidazole rings is 1. The molecule has 0 aliphatic rings. The monoisotopic (exact) mass is 526 g/mol. The first kappa shape index (κ1) is 26.9. The smallest absolute Gasteiger partial charge is 0.475 e. The standard InChI is InChI=1S/C20H15F3N6O.C2HF3O2/c1-11-5-6-12(19(30)28-14-4-2-3-13(8-14)20(21,22)23)7-15(11)29-18-16-17(25-9-24-16)26-10-27-18;3-2(4,5)1(6)7/h2-10H,1H3,(H,28,30)(H2,24,25,26,27,29);(H,6,7). The third kappa shape index (κ3) is 6.93. The van der Waals surface area contributed by atoms with E-state index in [1.54, 1.807) is 18.2 Å². The number of halogens is 6. The molecule has 37 heavy (non-hydrogen) atoms. The van der Waals surface area contributed by atoms with Gasteiger partial charge >= 0.3 is 18.3 Å². The number of aromatic amines is 1. The zero-order valence-corrected chi connectivity index (χ0v) is 18.6. The number of carboxylic acids is 1. The summed E-state index contributed by atoms with van der Waals surface area (Å²) in [5, 5.41) is 12.8. The van der Waals surface area contributed by atoms with Crippen molar-refractivity contribution in [2.45, 2.75) is 19.3 Å². The average molecular weight is 526 g/mol. The molecule has 1 amide bonds. The highest BCUT2D eigenvalue weighted by atomic mass is 19.4. The van der Waals surface area contributed by atoms with Gasteiger partial charge in [0, 0.05) is 16.9 Å². The Hall–Kier alpha value is -4.69. The number of alkyl halides is 6. The molecule has 0 saturated heterocycles. The maximum Gasteiger partial charge on any atom is 0.490 e. The lowest BCUT2D eigenvalue weighted by molar-refractivity contribution is -0.192. The number of benzene rings is 2. The Morgan fingerprint density at radius 2 is 1.68 bits per heavy atom. The number of hydrogen-bond acceptors (Lipinski definition) is 6. The molecule has 4 rings (SSSR count). The highest BCUT2D eigenvalue weighted by Gasteiger charge is 2.38. The summed E-state index contributed by atoms with van der Waals surface area (Å²) in [6, 6.07) is 9.40. The van der Waals surface area contributed by atoms with Crippen LogP contribution in [0.3, 0.4) is 0 Å². The third-order valence-electron chi connectivity index (χ3n) is 4.67. The maximum absolute atomic E-state index is 12.9. The van der Waals surface area contributed by atoms with E-state index in [0.717, 1.165) is 17.7 Å². The lowest BCUT2D eigenvalue weighted by atomic mass is 10.1. The van der Waals surface area contributed by atoms with Crippen molar-refractivity contribution in [2.24, 2.45) is 0 Å². The molecule has 0 spiro atoms. The van der Waals surface area contributed by atoms with Crippen LogP contribution < -0.4 is 10.6 Å². The summed E-state index contributed by atoms with van der Waals surface area (Å²) < 4.78 is 70.4. The predicted molar refractivity (Wildman–Crippen MR) is 119 cm³/mol. The molecule has 9 nitrogen and oxygen atoms in total. The first-order valence-corrected chi connectivity index (χ1v) is 10.1. The highest BCUT2D eigenvalue weighted by molar-refractivity contribution is 6.05. The average Bonchev–Trinajstić information content (AvgIpc) is 3.30. The number of carboxylic acid groups (broad SMARTS) is 1. The second-order valence-electron chi connectivity index (χ2n) is 7.31. The number of aryl methyl sites for hydroxylation is 1. The number of amides is 1. The minimum Gasteiger partial charge on any atom is -0.475 e. The molecule has 0 aliphatic heterocycles. The number of nitrogens with one attached hydrogen (secondary N) is 3. The van der Waals surface area contributed by atoms with E-state index in [-0.39, 0.29) is 11.3 Å². The van der Waals surface area contributed by atoms with E-state index < -0.39 is 29.8 Å². The Labute approximate surface area is 203 Å². The van der Waals surface area contributed by atoms with E-state index >= 15 is 0 Å². The summed E-state index contributed by atoms with van der Waals surface area (Å²) >= 11 is 0. The van der Waals surface area contributed by atoms with Crippen LogP contribution in [0.1, 0.15) is 21.5 Å². The first-order valence-electron chi connectivity index (χ1n) is 10.1. The van der Waals surface area contributed by atoms with E-state index in [9.17, 15) is 31.1 Å². The SMILES string of the molecule is Cc1ccc(C(=O)Nc2cccc(C(F)(F)F)c2)cc1Nc1ncnc2nc[nH]c12.O=C(O)C(F)(F)F. The van der Waals surface area contributed by atoms with Gasteiger partial charge < -0.3 is 20.7 Å². The molecule has 2 heterocycles. The summed E-state index contributed by atoms with van der Waals surface area (Å²) in [5.74, 6) is -2.81. The quantitative estimate of drug-likeness (QED) is 0.265. The van der Waals surface area contributed by atoms with Crippen molar-refractivity contribution in [3.63, 3.8) is 0 Å². The fraction of sp³-hybridized carbons (Fsp3) is 0.136. The van der Waals surface area contributed by atoms with E-state index in [4.69, 9.17) is 9.90 Å². The molecule has 4 aromatic rings. The molecular weight excluding hydrogens is 510 g/mol. The Kier molecular flexibility index (Phi) is 7.64.